The van der Waals surface area contributed by atoms with Gasteiger partial charge in [0.15, 0.2) is 5.13 Å². The number of hydrogen-bond acceptors (Lipinski definition) is 8. The van der Waals surface area contributed by atoms with Crippen LogP contribution >= 0.6 is 11.3 Å². The lowest BCUT2D eigenvalue weighted by atomic mass is 9.85. The maximum atomic E-state index is 14.3. The summed E-state index contributed by atoms with van der Waals surface area (Å²) in [5.74, 6) is -1.38. The molecule has 10 nitrogen and oxygen atoms in total. The third kappa shape index (κ3) is 7.30. The molecule has 40 heavy (non-hydrogen) atoms. The zero-order valence-electron chi connectivity index (χ0n) is 22.7. The number of amides is 2. The second kappa shape index (κ2) is 12.3. The molecule has 3 aromatic rings. The molecule has 0 aliphatic heterocycles. The van der Waals surface area contributed by atoms with Gasteiger partial charge < -0.3 is 4.74 Å². The molecule has 2 heterocycles. The van der Waals surface area contributed by atoms with Crippen molar-refractivity contribution in [3.05, 3.63) is 71.5 Å². The third-order valence-electron chi connectivity index (χ3n) is 6.04. The first kappa shape index (κ1) is 30.9. The highest BCUT2D eigenvalue weighted by Gasteiger charge is 2.50. The van der Waals surface area contributed by atoms with Crippen LogP contribution < -0.4 is 14.4 Å². The minimum atomic E-state index is -4.12. The SMILES string of the molecule is COc1cc(C(=O)N(c2nccs2)C(CCC=C(F)F)(Cn2cccn2)C(=O)NS(C)(=O)=O)ccc1C(C)(C)C. The molecule has 0 saturated heterocycles. The predicted molar refractivity (Wildman–Crippen MR) is 148 cm³/mol. The maximum Gasteiger partial charge on any atom is 0.266 e. The Morgan fingerprint density at radius 2 is 1.95 bits per heavy atom. The number of carbonyl (C=O) groups is 2. The van der Waals surface area contributed by atoms with Crippen LogP contribution in [0.15, 0.2) is 60.4 Å². The average Bonchev–Trinajstić information content (AvgIpc) is 3.56. The molecule has 0 radical (unpaired) electrons. The van der Waals surface area contributed by atoms with Crippen LogP contribution in [0.1, 0.15) is 49.5 Å². The Morgan fingerprint density at radius 1 is 1.23 bits per heavy atom. The van der Waals surface area contributed by atoms with Crippen molar-refractivity contribution >= 4 is 38.3 Å². The normalized spacial score (nSPS) is 13.3. The summed E-state index contributed by atoms with van der Waals surface area (Å²) in [4.78, 5) is 33.5. The van der Waals surface area contributed by atoms with Gasteiger partial charge in [0.1, 0.15) is 11.3 Å². The Morgan fingerprint density at radius 3 is 2.48 bits per heavy atom. The number of carbonyl (C=O) groups excluding carboxylic acids is 2. The molecule has 1 aromatic carbocycles. The van der Waals surface area contributed by atoms with Crippen molar-refractivity contribution in [2.24, 2.45) is 0 Å². The Balaban J connectivity index is 2.29. The number of allylic oxidation sites excluding steroid dienone is 1. The van der Waals surface area contributed by atoms with Crippen LogP contribution in [0.2, 0.25) is 0 Å². The second-order valence-corrected chi connectivity index (χ2v) is 12.7. The number of ether oxygens (including phenoxy) is 1. The number of benzene rings is 1. The number of nitrogens with zero attached hydrogens (tertiary/aromatic N) is 4. The van der Waals surface area contributed by atoms with Crippen molar-refractivity contribution in [3.8, 4) is 5.75 Å². The molecule has 1 unspecified atom stereocenters. The number of nitrogens with one attached hydrogen (secondary N) is 1. The van der Waals surface area contributed by atoms with Gasteiger partial charge in [-0.25, -0.2) is 13.4 Å². The standard InChI is InChI=1S/C26H31F2N5O5S2/c1-25(2,3)19-10-9-18(16-20(19)38-4)22(34)33(24-29-13-15-39-24)26(11-6-8-21(27)28,17-32-14-7-12-30-32)23(35)31-40(5,36)37/h7-10,12-16H,6,11,17H2,1-5H3,(H,31,35). The van der Waals surface area contributed by atoms with Crippen LogP contribution in [-0.2, 0) is 26.8 Å². The first-order valence-corrected chi connectivity index (χ1v) is 14.9. The molecule has 0 aliphatic carbocycles. The van der Waals surface area contributed by atoms with Crippen LogP contribution in [0, 0.1) is 0 Å². The Bertz CT molecular complexity index is 1470. The van der Waals surface area contributed by atoms with Crippen molar-refractivity contribution in [3.63, 3.8) is 0 Å². The predicted octanol–water partition coefficient (Wildman–Crippen LogP) is 4.37. The quantitative estimate of drug-likeness (QED) is 0.349. The van der Waals surface area contributed by atoms with E-state index in [1.165, 1.54) is 36.4 Å². The van der Waals surface area contributed by atoms with E-state index in [0.717, 1.165) is 28.1 Å². The van der Waals surface area contributed by atoms with Crippen LogP contribution in [-0.4, -0.2) is 53.9 Å². The smallest absolute Gasteiger partial charge is 0.266 e. The van der Waals surface area contributed by atoms with E-state index in [0.29, 0.717) is 11.8 Å². The van der Waals surface area contributed by atoms with Gasteiger partial charge in [0, 0.05) is 29.5 Å². The van der Waals surface area contributed by atoms with Gasteiger partial charge in [-0.05, 0) is 48.1 Å². The maximum absolute atomic E-state index is 14.3. The fraction of sp³-hybridized carbons (Fsp3) is 0.385. The molecule has 216 valence electrons. The Hall–Kier alpha value is -3.65. The van der Waals surface area contributed by atoms with Gasteiger partial charge in [-0.2, -0.15) is 13.9 Å². The van der Waals surface area contributed by atoms with Crippen LogP contribution in [0.5, 0.6) is 5.75 Å². The van der Waals surface area contributed by atoms with E-state index >= 15 is 0 Å². The van der Waals surface area contributed by atoms with Crippen molar-refractivity contribution in [2.75, 3.05) is 18.3 Å². The lowest BCUT2D eigenvalue weighted by molar-refractivity contribution is -0.125. The Labute approximate surface area is 235 Å². The van der Waals surface area contributed by atoms with Gasteiger partial charge in [-0.1, -0.05) is 26.8 Å². The molecule has 1 atom stereocenters. The first-order valence-electron chi connectivity index (χ1n) is 12.1. The molecule has 1 N–H and O–H groups in total. The number of halogens is 2. The molecule has 0 aliphatic rings. The zero-order valence-corrected chi connectivity index (χ0v) is 24.4. The summed E-state index contributed by atoms with van der Waals surface area (Å²) in [6.45, 7) is 5.59. The van der Waals surface area contributed by atoms with E-state index in [9.17, 15) is 26.8 Å². The highest BCUT2D eigenvalue weighted by atomic mass is 32.2. The fourth-order valence-corrected chi connectivity index (χ4v) is 5.51. The molecule has 2 aromatic heterocycles. The van der Waals surface area contributed by atoms with Crippen LogP contribution in [0.25, 0.3) is 0 Å². The van der Waals surface area contributed by atoms with Crippen LogP contribution in [0.3, 0.4) is 0 Å². The molecule has 2 amide bonds. The first-order chi connectivity index (χ1) is 18.7. The summed E-state index contributed by atoms with van der Waals surface area (Å²) >= 11 is 1.03. The minimum absolute atomic E-state index is 0.0596. The van der Waals surface area contributed by atoms with E-state index in [-0.39, 0.29) is 35.5 Å². The highest BCUT2D eigenvalue weighted by molar-refractivity contribution is 7.89. The van der Waals surface area contributed by atoms with Gasteiger partial charge >= 0.3 is 0 Å². The number of sulfonamides is 1. The van der Waals surface area contributed by atoms with E-state index in [4.69, 9.17) is 4.74 Å². The number of hydrogen-bond donors (Lipinski definition) is 1. The number of anilines is 1. The van der Waals surface area contributed by atoms with Crippen molar-refractivity contribution in [1.29, 1.82) is 0 Å². The molecular formula is C26H31F2N5O5S2. The van der Waals surface area contributed by atoms with Crippen molar-refractivity contribution in [1.82, 2.24) is 19.5 Å². The summed E-state index contributed by atoms with van der Waals surface area (Å²) < 4.78 is 59.5. The fourth-order valence-electron chi connectivity index (χ4n) is 4.26. The molecular weight excluding hydrogens is 564 g/mol. The van der Waals surface area contributed by atoms with Crippen molar-refractivity contribution in [2.45, 2.75) is 51.1 Å². The molecule has 14 heteroatoms. The number of thiazole rings is 1. The lowest BCUT2D eigenvalue weighted by Crippen LogP contribution is -2.64. The minimum Gasteiger partial charge on any atom is -0.496 e. The van der Waals surface area contributed by atoms with Crippen LogP contribution in [0.4, 0.5) is 13.9 Å². The topological polar surface area (TPSA) is 123 Å². The second-order valence-electron chi connectivity index (χ2n) is 10.1. The molecule has 3 rings (SSSR count). The summed E-state index contributed by atoms with van der Waals surface area (Å²) in [5.41, 5.74) is -1.42. The average molecular weight is 596 g/mol. The zero-order chi connectivity index (χ0) is 29.7. The van der Waals surface area contributed by atoms with E-state index in [1.54, 1.807) is 23.6 Å². The van der Waals surface area contributed by atoms with E-state index in [1.807, 2.05) is 25.5 Å². The molecule has 0 bridgehead atoms. The van der Waals surface area contributed by atoms with Gasteiger partial charge in [-0.15, -0.1) is 11.3 Å². The lowest BCUT2D eigenvalue weighted by Gasteiger charge is -2.41. The molecule has 0 saturated carbocycles. The van der Waals surface area contributed by atoms with Gasteiger partial charge in [0.05, 0.1) is 19.9 Å². The van der Waals surface area contributed by atoms with E-state index < -0.39 is 33.5 Å². The monoisotopic (exact) mass is 595 g/mol. The largest absolute Gasteiger partial charge is 0.496 e. The number of methoxy groups -OCH3 is 1. The number of rotatable bonds is 11. The van der Waals surface area contributed by atoms with E-state index in [2.05, 4.69) is 10.1 Å². The van der Waals surface area contributed by atoms with Gasteiger partial charge in [0.25, 0.3) is 17.9 Å². The number of aromatic nitrogens is 3. The highest BCUT2D eigenvalue weighted by Crippen LogP contribution is 2.37. The molecule has 0 fully saturated rings. The summed E-state index contributed by atoms with van der Waals surface area (Å²) in [6.07, 6.45) is 3.04. The summed E-state index contributed by atoms with van der Waals surface area (Å²) in [7, 11) is -2.65. The Kier molecular flexibility index (Phi) is 9.46. The van der Waals surface area contributed by atoms with Crippen molar-refractivity contribution < 1.29 is 31.5 Å². The summed E-state index contributed by atoms with van der Waals surface area (Å²) in [6, 6.07) is 6.41. The van der Waals surface area contributed by atoms with Gasteiger partial charge in [-0.3, -0.25) is 23.9 Å². The third-order valence-corrected chi connectivity index (χ3v) is 7.35. The molecule has 0 spiro atoms. The summed E-state index contributed by atoms with van der Waals surface area (Å²) in [5, 5.41) is 5.77. The van der Waals surface area contributed by atoms with Gasteiger partial charge in [0.2, 0.25) is 10.0 Å².